The number of hydrogen-bond donors (Lipinski definition) is 1. The summed E-state index contributed by atoms with van der Waals surface area (Å²) in [5.41, 5.74) is 0.424. The third kappa shape index (κ3) is 3.02. The highest BCUT2D eigenvalue weighted by molar-refractivity contribution is 7.99. The molecule has 0 aliphatic rings. The molecule has 0 saturated carbocycles. The topological polar surface area (TPSA) is 62.8 Å². The molecule has 1 aromatic rings. The number of H-pyrrole nitrogens is 1. The number of carbonyl (C=O) groups is 1. The fraction of sp³-hybridized carbons (Fsp3) is 0.375. The number of thioether (sulfide) groups is 1. The number of aromatic amines is 1. The van der Waals surface area contributed by atoms with Crippen LogP contribution in [-0.4, -0.2) is 21.5 Å². The summed E-state index contributed by atoms with van der Waals surface area (Å²) < 4.78 is 0. The van der Waals surface area contributed by atoms with Gasteiger partial charge in [0, 0.05) is 11.8 Å². The molecule has 1 aromatic heterocycles. The third-order valence-electron chi connectivity index (χ3n) is 1.37. The van der Waals surface area contributed by atoms with Crippen molar-refractivity contribution in [3.63, 3.8) is 0 Å². The van der Waals surface area contributed by atoms with E-state index in [4.69, 9.17) is 0 Å². The zero-order valence-electron chi connectivity index (χ0n) is 7.46. The Morgan fingerprint density at radius 1 is 1.69 bits per heavy atom. The summed E-state index contributed by atoms with van der Waals surface area (Å²) in [6, 6.07) is 0. The average molecular weight is 198 g/mol. The van der Waals surface area contributed by atoms with Crippen molar-refractivity contribution < 1.29 is 4.79 Å². The predicted molar refractivity (Wildman–Crippen MR) is 51.0 cm³/mol. The predicted octanol–water partition coefficient (Wildman–Crippen LogP) is 0.759. The monoisotopic (exact) mass is 198 g/mol. The van der Waals surface area contributed by atoms with Gasteiger partial charge in [-0.25, -0.2) is 4.98 Å². The highest BCUT2D eigenvalue weighted by atomic mass is 32.2. The van der Waals surface area contributed by atoms with Gasteiger partial charge in [-0.1, -0.05) is 11.8 Å². The van der Waals surface area contributed by atoms with Gasteiger partial charge in [0.25, 0.3) is 5.56 Å². The van der Waals surface area contributed by atoms with E-state index < -0.39 is 0 Å². The molecular weight excluding hydrogens is 188 g/mol. The number of aromatic nitrogens is 2. The van der Waals surface area contributed by atoms with Gasteiger partial charge in [0.05, 0.1) is 5.75 Å². The quantitative estimate of drug-likeness (QED) is 0.575. The van der Waals surface area contributed by atoms with Crippen LogP contribution in [0.3, 0.4) is 0 Å². The van der Waals surface area contributed by atoms with Crippen molar-refractivity contribution in [2.45, 2.75) is 19.0 Å². The molecule has 0 spiro atoms. The Kier molecular flexibility index (Phi) is 3.25. The molecule has 0 radical (unpaired) electrons. The molecule has 0 aromatic carbocycles. The Hall–Kier alpha value is -1.10. The van der Waals surface area contributed by atoms with Crippen LogP contribution in [0.1, 0.15) is 12.5 Å². The molecule has 1 N–H and O–H groups in total. The molecule has 0 aliphatic carbocycles. The first-order valence-corrected chi connectivity index (χ1v) is 4.76. The van der Waals surface area contributed by atoms with Crippen molar-refractivity contribution >= 4 is 17.5 Å². The van der Waals surface area contributed by atoms with Crippen molar-refractivity contribution in [2.24, 2.45) is 0 Å². The minimum atomic E-state index is -0.152. The standard InChI is InChI=1S/C8H10N2O2S/c1-5-3-9-8(10-7(5)12)13-4-6(2)11/h3H,4H2,1-2H3,(H,9,10,12). The van der Waals surface area contributed by atoms with Crippen LogP contribution >= 0.6 is 11.8 Å². The molecule has 0 atom stereocenters. The molecular formula is C8H10N2O2S. The van der Waals surface area contributed by atoms with Crippen molar-refractivity contribution in [2.75, 3.05) is 5.75 Å². The summed E-state index contributed by atoms with van der Waals surface area (Å²) in [7, 11) is 0. The SMILES string of the molecule is CC(=O)CSc1ncc(C)c(=O)[nH]1. The Labute approximate surface area is 79.8 Å². The van der Waals surface area contributed by atoms with E-state index >= 15 is 0 Å². The molecule has 0 bridgehead atoms. The molecule has 5 heteroatoms. The second kappa shape index (κ2) is 4.23. The maximum atomic E-state index is 11.1. The Morgan fingerprint density at radius 3 is 2.92 bits per heavy atom. The molecule has 4 nitrogen and oxygen atoms in total. The number of Topliss-reactive ketones (excluding diaryl/α,β-unsaturated/α-hetero) is 1. The van der Waals surface area contributed by atoms with Gasteiger partial charge < -0.3 is 4.98 Å². The van der Waals surface area contributed by atoms with Crippen LogP contribution in [-0.2, 0) is 4.79 Å². The first-order chi connectivity index (χ1) is 6.09. The second-order valence-electron chi connectivity index (χ2n) is 2.69. The summed E-state index contributed by atoms with van der Waals surface area (Å²) in [5, 5.41) is 0.491. The lowest BCUT2D eigenvalue weighted by molar-refractivity contribution is -0.114. The normalized spacial score (nSPS) is 10.0. The minimum Gasteiger partial charge on any atom is -0.301 e. The number of nitrogens with one attached hydrogen (secondary N) is 1. The van der Waals surface area contributed by atoms with Crippen LogP contribution in [0.25, 0.3) is 0 Å². The van der Waals surface area contributed by atoms with Gasteiger partial charge >= 0.3 is 0 Å². The van der Waals surface area contributed by atoms with E-state index in [0.29, 0.717) is 16.5 Å². The van der Waals surface area contributed by atoms with E-state index in [1.54, 1.807) is 6.92 Å². The molecule has 13 heavy (non-hydrogen) atoms. The van der Waals surface area contributed by atoms with E-state index in [2.05, 4.69) is 9.97 Å². The summed E-state index contributed by atoms with van der Waals surface area (Å²) in [5.74, 6) is 0.402. The first-order valence-electron chi connectivity index (χ1n) is 3.78. The summed E-state index contributed by atoms with van der Waals surface area (Å²) in [6.45, 7) is 3.19. The Bertz CT molecular complexity index is 373. The van der Waals surface area contributed by atoms with Gasteiger partial charge in [0.2, 0.25) is 0 Å². The van der Waals surface area contributed by atoms with Crippen molar-refractivity contribution in [1.29, 1.82) is 0 Å². The zero-order valence-corrected chi connectivity index (χ0v) is 8.27. The maximum Gasteiger partial charge on any atom is 0.254 e. The highest BCUT2D eigenvalue weighted by Crippen LogP contribution is 2.09. The van der Waals surface area contributed by atoms with E-state index in [-0.39, 0.29) is 11.3 Å². The lowest BCUT2D eigenvalue weighted by Gasteiger charge is -1.97. The van der Waals surface area contributed by atoms with Crippen LogP contribution in [0, 0.1) is 6.92 Å². The number of ketones is 1. The summed E-state index contributed by atoms with van der Waals surface area (Å²) in [6.07, 6.45) is 1.50. The third-order valence-corrected chi connectivity index (χ3v) is 2.40. The summed E-state index contributed by atoms with van der Waals surface area (Å²) >= 11 is 1.24. The molecule has 0 saturated heterocycles. The number of nitrogens with zero attached hydrogens (tertiary/aromatic N) is 1. The van der Waals surface area contributed by atoms with Gasteiger partial charge in [0.1, 0.15) is 5.78 Å². The zero-order chi connectivity index (χ0) is 9.84. The van der Waals surface area contributed by atoms with Crippen molar-refractivity contribution in [1.82, 2.24) is 9.97 Å². The van der Waals surface area contributed by atoms with Gasteiger partial charge in [-0.2, -0.15) is 0 Å². The number of aryl methyl sites for hydroxylation is 1. The second-order valence-corrected chi connectivity index (χ2v) is 3.66. The number of rotatable bonds is 3. The van der Waals surface area contributed by atoms with Gasteiger partial charge in [-0.3, -0.25) is 9.59 Å². The van der Waals surface area contributed by atoms with Gasteiger partial charge in [0.15, 0.2) is 5.16 Å². The van der Waals surface area contributed by atoms with Crippen molar-refractivity contribution in [3.8, 4) is 0 Å². The molecule has 0 fully saturated rings. The molecule has 1 rings (SSSR count). The Balaban J connectivity index is 2.74. The number of hydrogen-bond acceptors (Lipinski definition) is 4. The van der Waals surface area contributed by atoms with E-state index in [1.165, 1.54) is 24.9 Å². The molecule has 1 heterocycles. The van der Waals surface area contributed by atoms with Crippen molar-refractivity contribution in [3.05, 3.63) is 22.1 Å². The molecule has 0 unspecified atom stereocenters. The average Bonchev–Trinajstić information content (AvgIpc) is 2.07. The molecule has 0 amide bonds. The summed E-state index contributed by atoms with van der Waals surface area (Å²) in [4.78, 5) is 28.3. The van der Waals surface area contributed by atoms with E-state index in [9.17, 15) is 9.59 Å². The van der Waals surface area contributed by atoms with E-state index in [1.807, 2.05) is 0 Å². The first kappa shape index (κ1) is 9.98. The van der Waals surface area contributed by atoms with Gasteiger partial charge in [-0.15, -0.1) is 0 Å². The highest BCUT2D eigenvalue weighted by Gasteiger charge is 2.00. The van der Waals surface area contributed by atoms with Crippen LogP contribution in [0.5, 0.6) is 0 Å². The van der Waals surface area contributed by atoms with Gasteiger partial charge in [-0.05, 0) is 13.8 Å². The Morgan fingerprint density at radius 2 is 2.38 bits per heavy atom. The minimum absolute atomic E-state index is 0.0632. The van der Waals surface area contributed by atoms with E-state index in [0.717, 1.165) is 0 Å². The molecule has 0 aliphatic heterocycles. The largest absolute Gasteiger partial charge is 0.301 e. The lowest BCUT2D eigenvalue weighted by atomic mass is 10.4. The number of carbonyl (C=O) groups excluding carboxylic acids is 1. The molecule has 70 valence electrons. The van der Waals surface area contributed by atoms with Crippen LogP contribution in [0.4, 0.5) is 0 Å². The smallest absolute Gasteiger partial charge is 0.254 e. The fourth-order valence-electron chi connectivity index (χ4n) is 0.685. The van der Waals surface area contributed by atoms with Crippen LogP contribution in [0.2, 0.25) is 0 Å². The fourth-order valence-corrected chi connectivity index (χ4v) is 1.32. The van der Waals surface area contributed by atoms with Crippen LogP contribution in [0.15, 0.2) is 16.1 Å². The van der Waals surface area contributed by atoms with Crippen LogP contribution < -0.4 is 5.56 Å². The maximum absolute atomic E-state index is 11.1. The lowest BCUT2D eigenvalue weighted by Crippen LogP contribution is -2.11.